The Labute approximate surface area is 122 Å². The summed E-state index contributed by atoms with van der Waals surface area (Å²) in [5, 5.41) is 4.29. The third-order valence-corrected chi connectivity index (χ3v) is 4.48. The highest BCUT2D eigenvalue weighted by atomic mass is 35.5. The molecule has 1 saturated heterocycles. The molecule has 1 atom stereocenters. The smallest absolute Gasteiger partial charge is 0.0643 e. The van der Waals surface area contributed by atoms with E-state index in [0.717, 1.165) is 18.1 Å². The second-order valence-electron chi connectivity index (χ2n) is 6.06. The predicted octanol–water partition coefficient (Wildman–Crippen LogP) is 4.39. The van der Waals surface area contributed by atoms with Crippen LogP contribution in [0.15, 0.2) is 18.2 Å². The van der Waals surface area contributed by atoms with E-state index in [1.807, 2.05) is 0 Å². The van der Waals surface area contributed by atoms with Crippen LogP contribution in [-0.4, -0.2) is 18.6 Å². The van der Waals surface area contributed by atoms with Crippen molar-refractivity contribution in [1.82, 2.24) is 5.32 Å². The summed E-state index contributed by atoms with van der Waals surface area (Å²) in [5.41, 5.74) is 2.66. The predicted molar refractivity (Wildman–Crippen MR) is 84.2 cm³/mol. The summed E-state index contributed by atoms with van der Waals surface area (Å²) in [4.78, 5) is 2.44. The molecule has 19 heavy (non-hydrogen) atoms. The number of rotatable bonds is 4. The molecule has 0 amide bonds. The fourth-order valence-corrected chi connectivity index (χ4v) is 3.28. The van der Waals surface area contributed by atoms with Gasteiger partial charge in [-0.1, -0.05) is 24.6 Å². The van der Waals surface area contributed by atoms with E-state index in [4.69, 9.17) is 11.6 Å². The van der Waals surface area contributed by atoms with Gasteiger partial charge < -0.3 is 10.2 Å². The maximum absolute atomic E-state index is 6.51. The third kappa shape index (κ3) is 3.06. The van der Waals surface area contributed by atoms with Crippen LogP contribution in [0.5, 0.6) is 0 Å². The largest absolute Gasteiger partial charge is 0.365 e. The van der Waals surface area contributed by atoms with Gasteiger partial charge in [-0.3, -0.25) is 0 Å². The molecule has 1 aliphatic heterocycles. The first-order chi connectivity index (χ1) is 8.95. The molecule has 0 bridgehead atoms. The van der Waals surface area contributed by atoms with Crippen LogP contribution < -0.4 is 10.2 Å². The lowest BCUT2D eigenvalue weighted by Crippen LogP contribution is -2.38. The molecule has 106 valence electrons. The molecule has 0 aliphatic carbocycles. The highest BCUT2D eigenvalue weighted by Crippen LogP contribution is 2.38. The normalized spacial score (nSPS) is 19.7. The Morgan fingerprint density at radius 2 is 2.16 bits per heavy atom. The van der Waals surface area contributed by atoms with Crippen LogP contribution in [0.3, 0.4) is 0 Å². The molecule has 1 aromatic rings. The van der Waals surface area contributed by atoms with Crippen molar-refractivity contribution >= 4 is 17.3 Å². The van der Waals surface area contributed by atoms with Crippen LogP contribution in [-0.2, 0) is 0 Å². The minimum Gasteiger partial charge on any atom is -0.365 e. The summed E-state index contributed by atoms with van der Waals surface area (Å²) in [5.74, 6) is 0. The van der Waals surface area contributed by atoms with Crippen molar-refractivity contribution in [3.63, 3.8) is 0 Å². The van der Waals surface area contributed by atoms with Crippen molar-refractivity contribution in [3.8, 4) is 0 Å². The molecule has 1 heterocycles. The number of nitrogens with one attached hydrogen (secondary N) is 1. The zero-order valence-corrected chi connectivity index (χ0v) is 13.2. The molecule has 1 N–H and O–H groups in total. The van der Waals surface area contributed by atoms with Crippen LogP contribution in [0.2, 0.25) is 5.02 Å². The Morgan fingerprint density at radius 3 is 2.68 bits per heavy atom. The molecule has 1 unspecified atom stereocenters. The molecule has 1 fully saturated rings. The van der Waals surface area contributed by atoms with Gasteiger partial charge in [0.05, 0.1) is 10.7 Å². The van der Waals surface area contributed by atoms with Gasteiger partial charge >= 0.3 is 0 Å². The fourth-order valence-electron chi connectivity index (χ4n) is 2.99. The molecular formula is C16H25ClN2. The van der Waals surface area contributed by atoms with Gasteiger partial charge in [0.1, 0.15) is 0 Å². The minimum absolute atomic E-state index is 0.221. The average molecular weight is 281 g/mol. The summed E-state index contributed by atoms with van der Waals surface area (Å²) in [6.45, 7) is 11.0. The zero-order chi connectivity index (χ0) is 14.0. The summed E-state index contributed by atoms with van der Waals surface area (Å²) in [6, 6.07) is 6.84. The van der Waals surface area contributed by atoms with E-state index in [9.17, 15) is 0 Å². The van der Waals surface area contributed by atoms with Gasteiger partial charge in [-0.15, -0.1) is 0 Å². The van der Waals surface area contributed by atoms with Crippen LogP contribution in [0.1, 0.15) is 52.1 Å². The molecule has 2 nitrogen and oxygen atoms in total. The van der Waals surface area contributed by atoms with Gasteiger partial charge in [0, 0.05) is 18.1 Å². The van der Waals surface area contributed by atoms with Crippen LogP contribution in [0, 0.1) is 0 Å². The Bertz CT molecular complexity index is 442. The van der Waals surface area contributed by atoms with Crippen molar-refractivity contribution in [2.45, 2.75) is 52.1 Å². The van der Waals surface area contributed by atoms with E-state index in [1.54, 1.807) is 0 Å². The minimum atomic E-state index is 0.221. The van der Waals surface area contributed by atoms with Crippen molar-refractivity contribution < 1.29 is 0 Å². The van der Waals surface area contributed by atoms with E-state index in [1.165, 1.54) is 24.1 Å². The topological polar surface area (TPSA) is 15.3 Å². The molecule has 1 aliphatic rings. The van der Waals surface area contributed by atoms with Gasteiger partial charge in [0.2, 0.25) is 0 Å². The summed E-state index contributed by atoms with van der Waals surface area (Å²) in [6.07, 6.45) is 2.48. The molecule has 3 heteroatoms. The second-order valence-corrected chi connectivity index (χ2v) is 6.47. The van der Waals surface area contributed by atoms with Gasteiger partial charge in [0.25, 0.3) is 0 Å². The lowest BCUT2D eigenvalue weighted by atomic mass is 10.0. The van der Waals surface area contributed by atoms with E-state index >= 15 is 0 Å². The highest BCUT2D eigenvalue weighted by Gasteiger charge is 2.33. The van der Waals surface area contributed by atoms with Gasteiger partial charge in [0.15, 0.2) is 0 Å². The summed E-state index contributed by atoms with van der Waals surface area (Å²) < 4.78 is 0. The van der Waals surface area contributed by atoms with Gasteiger partial charge in [-0.2, -0.15) is 0 Å². The van der Waals surface area contributed by atoms with Crippen LogP contribution >= 0.6 is 11.6 Å². The Balaban J connectivity index is 2.25. The average Bonchev–Trinajstić information content (AvgIpc) is 2.69. The molecule has 1 aromatic carbocycles. The number of hydrogen-bond acceptors (Lipinski definition) is 2. The Morgan fingerprint density at radius 1 is 1.42 bits per heavy atom. The van der Waals surface area contributed by atoms with Crippen molar-refractivity contribution in [2.75, 3.05) is 18.0 Å². The molecule has 2 rings (SSSR count). The zero-order valence-electron chi connectivity index (χ0n) is 12.5. The van der Waals surface area contributed by atoms with Crippen LogP contribution in [0.4, 0.5) is 5.69 Å². The Kier molecular flexibility index (Phi) is 4.42. The van der Waals surface area contributed by atoms with Crippen molar-refractivity contribution in [1.29, 1.82) is 0 Å². The Hall–Kier alpha value is -0.730. The quantitative estimate of drug-likeness (QED) is 0.880. The van der Waals surface area contributed by atoms with Crippen molar-refractivity contribution in [2.24, 2.45) is 0 Å². The first-order valence-corrected chi connectivity index (χ1v) is 7.64. The molecule has 0 saturated carbocycles. The van der Waals surface area contributed by atoms with Crippen LogP contribution in [0.25, 0.3) is 0 Å². The second kappa shape index (κ2) is 5.72. The SMILES string of the molecule is CCNC(C)c1ccc(N2CCCC2(C)C)c(Cl)c1. The van der Waals surface area contributed by atoms with E-state index < -0.39 is 0 Å². The monoisotopic (exact) mass is 280 g/mol. The highest BCUT2D eigenvalue weighted by molar-refractivity contribution is 6.33. The van der Waals surface area contributed by atoms with Gasteiger partial charge in [-0.25, -0.2) is 0 Å². The lowest BCUT2D eigenvalue weighted by molar-refractivity contribution is 0.518. The van der Waals surface area contributed by atoms with Gasteiger partial charge in [-0.05, 0) is 57.9 Å². The van der Waals surface area contributed by atoms with Crippen molar-refractivity contribution in [3.05, 3.63) is 28.8 Å². The maximum atomic E-state index is 6.51. The number of nitrogens with zero attached hydrogens (tertiary/aromatic N) is 1. The van der Waals surface area contributed by atoms with E-state index in [-0.39, 0.29) is 5.54 Å². The lowest BCUT2D eigenvalue weighted by Gasteiger charge is -2.34. The first kappa shape index (κ1) is 14.7. The molecular weight excluding hydrogens is 256 g/mol. The standard InChI is InChI=1S/C16H25ClN2/c1-5-18-12(2)13-7-8-15(14(17)11-13)19-10-6-9-16(19,3)4/h7-8,11-12,18H,5-6,9-10H2,1-4H3. The van der Waals surface area contributed by atoms with E-state index in [0.29, 0.717) is 6.04 Å². The number of hydrogen-bond donors (Lipinski definition) is 1. The summed E-state index contributed by atoms with van der Waals surface area (Å²) >= 11 is 6.51. The summed E-state index contributed by atoms with van der Waals surface area (Å²) in [7, 11) is 0. The molecule has 0 radical (unpaired) electrons. The fraction of sp³-hybridized carbons (Fsp3) is 0.625. The third-order valence-electron chi connectivity index (χ3n) is 4.17. The first-order valence-electron chi connectivity index (χ1n) is 7.26. The number of halogens is 1. The number of benzene rings is 1. The number of anilines is 1. The molecule has 0 spiro atoms. The maximum Gasteiger partial charge on any atom is 0.0643 e. The van der Waals surface area contributed by atoms with E-state index in [2.05, 4.69) is 56.1 Å². The molecule has 0 aromatic heterocycles.